The van der Waals surface area contributed by atoms with Gasteiger partial charge >= 0.3 is 0 Å². The highest BCUT2D eigenvalue weighted by molar-refractivity contribution is 5.46. The van der Waals surface area contributed by atoms with Crippen molar-refractivity contribution in [1.29, 1.82) is 0 Å². The first-order valence-electron chi connectivity index (χ1n) is 8.14. The number of rotatable bonds is 1. The van der Waals surface area contributed by atoms with E-state index in [1.807, 2.05) is 13.8 Å². The minimum absolute atomic E-state index is 0.100. The summed E-state index contributed by atoms with van der Waals surface area (Å²) in [5, 5.41) is 0. The quantitative estimate of drug-likeness (QED) is 0.791. The molecule has 120 valence electrons. The number of morpholine rings is 1. The fourth-order valence-electron chi connectivity index (χ4n) is 3.61. The van der Waals surface area contributed by atoms with Crippen LogP contribution in [0.4, 0.5) is 5.82 Å². The zero-order chi connectivity index (χ0) is 15.2. The van der Waals surface area contributed by atoms with Crippen molar-refractivity contribution in [2.24, 2.45) is 5.41 Å². The molecule has 5 heteroatoms. The summed E-state index contributed by atoms with van der Waals surface area (Å²) in [4.78, 5) is 6.98. The third kappa shape index (κ3) is 2.62. The summed E-state index contributed by atoms with van der Waals surface area (Å²) in [5.41, 5.74) is 2.86. The lowest BCUT2D eigenvalue weighted by Gasteiger charge is -2.41. The van der Waals surface area contributed by atoms with Gasteiger partial charge in [-0.3, -0.25) is 0 Å². The second-order valence-corrected chi connectivity index (χ2v) is 7.24. The number of nitrogens with zero attached hydrogens (tertiary/aromatic N) is 2. The summed E-state index contributed by atoms with van der Waals surface area (Å²) < 4.78 is 17.2. The van der Waals surface area contributed by atoms with E-state index < -0.39 is 5.79 Å². The predicted octanol–water partition coefficient (Wildman–Crippen LogP) is 1.79. The van der Waals surface area contributed by atoms with E-state index in [9.17, 15) is 0 Å². The van der Waals surface area contributed by atoms with Crippen LogP contribution in [-0.4, -0.2) is 50.3 Å². The van der Waals surface area contributed by atoms with E-state index in [1.165, 1.54) is 11.1 Å². The first kappa shape index (κ1) is 14.4. The van der Waals surface area contributed by atoms with Crippen LogP contribution in [0, 0.1) is 5.41 Å². The van der Waals surface area contributed by atoms with Gasteiger partial charge in [0.25, 0.3) is 0 Å². The van der Waals surface area contributed by atoms with Gasteiger partial charge < -0.3 is 19.1 Å². The molecule has 2 aliphatic heterocycles. The van der Waals surface area contributed by atoms with Crippen molar-refractivity contribution >= 4 is 5.82 Å². The highest BCUT2D eigenvalue weighted by Crippen LogP contribution is 2.42. The second kappa shape index (κ2) is 5.18. The number of anilines is 1. The van der Waals surface area contributed by atoms with Crippen molar-refractivity contribution in [3.63, 3.8) is 0 Å². The van der Waals surface area contributed by atoms with Gasteiger partial charge in [0.05, 0.1) is 26.4 Å². The molecule has 0 atom stereocenters. The molecular weight excluding hydrogens is 280 g/mol. The van der Waals surface area contributed by atoms with Crippen LogP contribution in [-0.2, 0) is 27.1 Å². The maximum atomic E-state index is 5.91. The van der Waals surface area contributed by atoms with E-state index in [0.29, 0.717) is 0 Å². The number of hydrogen-bond donors (Lipinski definition) is 0. The third-order valence-corrected chi connectivity index (χ3v) is 4.99. The SMILES string of the molecule is CC1(C)OCC2(CO1)Cc1cnc(N3CCOCC3)cc1C2. The monoisotopic (exact) mass is 304 g/mol. The Bertz CT molecular complexity index is 557. The predicted molar refractivity (Wildman–Crippen MR) is 83.1 cm³/mol. The Kier molecular flexibility index (Phi) is 3.40. The zero-order valence-electron chi connectivity index (χ0n) is 13.4. The Morgan fingerprint density at radius 1 is 1.05 bits per heavy atom. The molecule has 3 heterocycles. The van der Waals surface area contributed by atoms with Crippen LogP contribution in [0.3, 0.4) is 0 Å². The molecule has 5 nitrogen and oxygen atoms in total. The molecule has 0 saturated carbocycles. The van der Waals surface area contributed by atoms with Gasteiger partial charge in [-0.25, -0.2) is 4.98 Å². The average Bonchev–Trinajstić information content (AvgIpc) is 2.89. The van der Waals surface area contributed by atoms with Gasteiger partial charge in [-0.1, -0.05) is 0 Å². The molecule has 1 aromatic rings. The first-order chi connectivity index (χ1) is 10.6. The van der Waals surface area contributed by atoms with Crippen LogP contribution in [0.2, 0.25) is 0 Å². The van der Waals surface area contributed by atoms with E-state index in [2.05, 4.69) is 22.1 Å². The van der Waals surface area contributed by atoms with Gasteiger partial charge in [0.1, 0.15) is 5.82 Å². The number of hydrogen-bond acceptors (Lipinski definition) is 5. The maximum absolute atomic E-state index is 5.91. The highest BCUT2D eigenvalue weighted by atomic mass is 16.7. The van der Waals surface area contributed by atoms with Crippen molar-refractivity contribution in [1.82, 2.24) is 4.98 Å². The normalized spacial score (nSPS) is 26.2. The van der Waals surface area contributed by atoms with Crippen LogP contribution >= 0.6 is 0 Å². The zero-order valence-corrected chi connectivity index (χ0v) is 13.4. The van der Waals surface area contributed by atoms with E-state index in [1.54, 1.807) is 0 Å². The van der Waals surface area contributed by atoms with Gasteiger partial charge in [0.2, 0.25) is 0 Å². The maximum Gasteiger partial charge on any atom is 0.162 e. The van der Waals surface area contributed by atoms with Crippen molar-refractivity contribution in [2.75, 3.05) is 44.4 Å². The molecule has 0 amide bonds. The summed E-state index contributed by atoms with van der Waals surface area (Å²) in [6, 6.07) is 2.26. The second-order valence-electron chi connectivity index (χ2n) is 7.24. The van der Waals surface area contributed by atoms with Gasteiger partial charge in [-0.05, 0) is 43.9 Å². The lowest BCUT2D eigenvalue weighted by molar-refractivity contribution is -0.283. The van der Waals surface area contributed by atoms with Crippen LogP contribution < -0.4 is 4.90 Å². The fourth-order valence-corrected chi connectivity index (χ4v) is 3.61. The number of fused-ring (bicyclic) bond motifs is 1. The fraction of sp³-hybridized carbons (Fsp3) is 0.706. The van der Waals surface area contributed by atoms with Gasteiger partial charge in [-0.15, -0.1) is 0 Å². The Morgan fingerprint density at radius 3 is 2.45 bits per heavy atom. The van der Waals surface area contributed by atoms with E-state index in [4.69, 9.17) is 14.2 Å². The van der Waals surface area contributed by atoms with Crippen molar-refractivity contribution in [2.45, 2.75) is 32.5 Å². The van der Waals surface area contributed by atoms with Crippen LogP contribution in [0.1, 0.15) is 25.0 Å². The smallest absolute Gasteiger partial charge is 0.162 e. The lowest BCUT2D eigenvalue weighted by atomic mass is 9.85. The van der Waals surface area contributed by atoms with Gasteiger partial charge in [0.15, 0.2) is 5.79 Å². The van der Waals surface area contributed by atoms with E-state index >= 15 is 0 Å². The van der Waals surface area contributed by atoms with E-state index in [0.717, 1.165) is 58.2 Å². The molecular formula is C17H24N2O3. The minimum atomic E-state index is -0.447. The molecule has 0 N–H and O–H groups in total. The summed E-state index contributed by atoms with van der Waals surface area (Å²) in [7, 11) is 0. The number of aromatic nitrogens is 1. The molecule has 0 bridgehead atoms. The van der Waals surface area contributed by atoms with Crippen LogP contribution in [0.15, 0.2) is 12.3 Å². The Balaban J connectivity index is 1.52. The topological polar surface area (TPSA) is 43.8 Å². The van der Waals surface area contributed by atoms with Crippen LogP contribution in [0.5, 0.6) is 0 Å². The summed E-state index contributed by atoms with van der Waals surface area (Å²) in [6.07, 6.45) is 4.09. The van der Waals surface area contributed by atoms with Gasteiger partial charge in [-0.2, -0.15) is 0 Å². The number of ether oxygens (including phenoxy) is 3. The third-order valence-electron chi connectivity index (χ3n) is 4.99. The first-order valence-corrected chi connectivity index (χ1v) is 8.14. The molecule has 1 aliphatic carbocycles. The summed E-state index contributed by atoms with van der Waals surface area (Å²) >= 11 is 0. The molecule has 2 saturated heterocycles. The molecule has 0 aromatic carbocycles. The molecule has 22 heavy (non-hydrogen) atoms. The largest absolute Gasteiger partial charge is 0.378 e. The average molecular weight is 304 g/mol. The summed E-state index contributed by atoms with van der Waals surface area (Å²) in [5.74, 6) is 0.633. The molecule has 4 rings (SSSR count). The van der Waals surface area contributed by atoms with Crippen molar-refractivity contribution in [3.05, 3.63) is 23.4 Å². The Hall–Kier alpha value is -1.17. The van der Waals surface area contributed by atoms with Crippen LogP contribution in [0.25, 0.3) is 0 Å². The van der Waals surface area contributed by atoms with Gasteiger partial charge in [0, 0.05) is 24.7 Å². The molecule has 3 aliphatic rings. The van der Waals surface area contributed by atoms with E-state index in [-0.39, 0.29) is 5.41 Å². The standard InChI is InChI=1S/C17H24N2O3/c1-16(2)21-11-17(12-22-16)8-13-7-15(18-10-14(13)9-17)19-3-5-20-6-4-19/h7,10H,3-6,8-9,11-12H2,1-2H3. The Labute approximate surface area is 131 Å². The number of pyridine rings is 1. The molecule has 1 spiro atoms. The molecule has 1 aromatic heterocycles. The molecule has 0 unspecified atom stereocenters. The highest BCUT2D eigenvalue weighted by Gasteiger charge is 2.44. The molecule has 2 fully saturated rings. The molecule has 0 radical (unpaired) electrons. The minimum Gasteiger partial charge on any atom is -0.378 e. The van der Waals surface area contributed by atoms with Crippen molar-refractivity contribution in [3.8, 4) is 0 Å². The Morgan fingerprint density at radius 2 is 1.73 bits per heavy atom. The lowest BCUT2D eigenvalue weighted by Crippen LogP contribution is -2.47. The summed E-state index contributed by atoms with van der Waals surface area (Å²) in [6.45, 7) is 8.94. The van der Waals surface area contributed by atoms with Crippen molar-refractivity contribution < 1.29 is 14.2 Å².